The average Bonchev–Trinajstić information content (AvgIpc) is 3.15. The standard InChI is InChI=1S/C22H19Cl2N3O6S2/c1-11-14(23)6-4-8-16(11)27(17-9-5-7-15(24)12(17)2)35(31,32)18-10-19(34(25,29)30)22-20(21(18)28)26-13(3)33-22/h4-10,28H,1-3H3,(H2,25,29,30). The minimum absolute atomic E-state index is 0.00275. The Morgan fingerprint density at radius 3 is 1.91 bits per heavy atom. The molecule has 0 aliphatic rings. The van der Waals surface area contributed by atoms with E-state index >= 15 is 0 Å². The van der Waals surface area contributed by atoms with E-state index in [4.69, 9.17) is 32.8 Å². The maximum atomic E-state index is 14.2. The summed E-state index contributed by atoms with van der Waals surface area (Å²) in [6, 6.07) is 10.1. The van der Waals surface area contributed by atoms with Crippen molar-refractivity contribution in [2.24, 2.45) is 5.14 Å². The minimum Gasteiger partial charge on any atom is -0.504 e. The first-order valence-electron chi connectivity index (χ1n) is 9.96. The Balaban J connectivity index is 2.14. The van der Waals surface area contributed by atoms with Crippen molar-refractivity contribution in [3.8, 4) is 5.75 Å². The third kappa shape index (κ3) is 4.23. The lowest BCUT2D eigenvalue weighted by Crippen LogP contribution is -2.28. The predicted molar refractivity (Wildman–Crippen MR) is 133 cm³/mol. The Morgan fingerprint density at radius 2 is 1.43 bits per heavy atom. The molecule has 0 aliphatic heterocycles. The van der Waals surface area contributed by atoms with E-state index in [2.05, 4.69) is 4.98 Å². The number of hydrogen-bond acceptors (Lipinski definition) is 7. The smallest absolute Gasteiger partial charge is 0.272 e. The van der Waals surface area contributed by atoms with Crippen LogP contribution in [-0.2, 0) is 20.0 Å². The van der Waals surface area contributed by atoms with Crippen molar-refractivity contribution in [2.45, 2.75) is 30.6 Å². The number of aryl methyl sites for hydroxylation is 1. The number of benzene rings is 3. The zero-order valence-electron chi connectivity index (χ0n) is 18.6. The van der Waals surface area contributed by atoms with Crippen molar-refractivity contribution >= 4 is 65.7 Å². The van der Waals surface area contributed by atoms with Crippen LogP contribution in [0.4, 0.5) is 11.4 Å². The number of halogens is 2. The van der Waals surface area contributed by atoms with E-state index in [1.807, 2.05) is 0 Å². The largest absolute Gasteiger partial charge is 0.504 e. The molecule has 0 atom stereocenters. The number of phenols is 1. The molecule has 0 fully saturated rings. The van der Waals surface area contributed by atoms with Crippen molar-refractivity contribution < 1.29 is 26.4 Å². The maximum absolute atomic E-state index is 14.2. The number of fused-ring (bicyclic) bond motifs is 1. The minimum atomic E-state index is -4.72. The third-order valence-corrected chi connectivity index (χ3v) is 8.89. The molecule has 1 aromatic heterocycles. The molecular formula is C22H19Cl2N3O6S2. The number of aromatic nitrogens is 1. The lowest BCUT2D eigenvalue weighted by Gasteiger charge is -2.28. The maximum Gasteiger partial charge on any atom is 0.272 e. The zero-order chi connectivity index (χ0) is 25.9. The average molecular weight is 556 g/mol. The van der Waals surface area contributed by atoms with Gasteiger partial charge in [0.1, 0.15) is 9.79 Å². The van der Waals surface area contributed by atoms with Gasteiger partial charge in [0.2, 0.25) is 10.0 Å². The summed E-state index contributed by atoms with van der Waals surface area (Å²) in [5, 5.41) is 16.9. The summed E-state index contributed by atoms with van der Waals surface area (Å²) in [5.41, 5.74) is 0.444. The van der Waals surface area contributed by atoms with Crippen molar-refractivity contribution in [1.82, 2.24) is 4.98 Å². The van der Waals surface area contributed by atoms with Gasteiger partial charge >= 0.3 is 0 Å². The van der Waals surface area contributed by atoms with Crippen LogP contribution in [0.15, 0.2) is 56.7 Å². The highest BCUT2D eigenvalue weighted by Gasteiger charge is 2.36. The molecule has 4 rings (SSSR count). The summed E-state index contributed by atoms with van der Waals surface area (Å²) in [6.45, 7) is 4.66. The number of sulfonamides is 2. The normalized spacial score (nSPS) is 12.3. The van der Waals surface area contributed by atoms with Crippen LogP contribution in [0.3, 0.4) is 0 Å². The van der Waals surface area contributed by atoms with Gasteiger partial charge in [-0.25, -0.2) is 31.3 Å². The molecule has 13 heteroatoms. The molecule has 0 radical (unpaired) electrons. The van der Waals surface area contributed by atoms with Crippen molar-refractivity contribution in [3.63, 3.8) is 0 Å². The summed E-state index contributed by atoms with van der Waals surface area (Å²) < 4.78 is 59.3. The number of nitrogens with two attached hydrogens (primary N) is 1. The van der Waals surface area contributed by atoms with Crippen LogP contribution >= 0.6 is 23.2 Å². The van der Waals surface area contributed by atoms with E-state index in [0.29, 0.717) is 21.2 Å². The molecule has 35 heavy (non-hydrogen) atoms. The van der Waals surface area contributed by atoms with Gasteiger partial charge in [0.05, 0.1) is 11.4 Å². The lowest BCUT2D eigenvalue weighted by atomic mass is 10.1. The van der Waals surface area contributed by atoms with E-state index in [9.17, 15) is 21.9 Å². The molecule has 1 heterocycles. The molecule has 9 nitrogen and oxygen atoms in total. The molecular weight excluding hydrogens is 537 g/mol. The van der Waals surface area contributed by atoms with Gasteiger partial charge in [-0.1, -0.05) is 35.3 Å². The van der Waals surface area contributed by atoms with Gasteiger partial charge in [-0.3, -0.25) is 0 Å². The monoisotopic (exact) mass is 555 g/mol. The first-order chi connectivity index (χ1) is 16.2. The van der Waals surface area contributed by atoms with Gasteiger partial charge in [0.25, 0.3) is 10.0 Å². The molecule has 0 saturated carbocycles. The van der Waals surface area contributed by atoms with Gasteiger partial charge in [-0.2, -0.15) is 0 Å². The predicted octanol–water partition coefficient (Wildman–Crippen LogP) is 4.94. The highest BCUT2D eigenvalue weighted by Crippen LogP contribution is 2.44. The summed E-state index contributed by atoms with van der Waals surface area (Å²) in [5.74, 6) is -0.795. The van der Waals surface area contributed by atoms with Crippen LogP contribution in [0.1, 0.15) is 17.0 Å². The van der Waals surface area contributed by atoms with Gasteiger partial charge in [0.15, 0.2) is 22.7 Å². The van der Waals surface area contributed by atoms with Crippen LogP contribution in [0, 0.1) is 20.8 Å². The summed E-state index contributed by atoms with van der Waals surface area (Å²) in [7, 11) is -9.19. The van der Waals surface area contributed by atoms with E-state index < -0.39 is 35.6 Å². The van der Waals surface area contributed by atoms with Crippen molar-refractivity contribution in [1.29, 1.82) is 0 Å². The Morgan fingerprint density at radius 1 is 0.914 bits per heavy atom. The molecule has 0 bridgehead atoms. The quantitative estimate of drug-likeness (QED) is 0.354. The Hall–Kier alpha value is -2.83. The van der Waals surface area contributed by atoms with E-state index in [1.54, 1.807) is 38.1 Å². The van der Waals surface area contributed by atoms with Crippen LogP contribution in [0.25, 0.3) is 11.1 Å². The molecule has 0 spiro atoms. The summed E-state index contributed by atoms with van der Waals surface area (Å²) >= 11 is 12.6. The molecule has 0 aliphatic carbocycles. The molecule has 4 aromatic rings. The van der Waals surface area contributed by atoms with Gasteiger partial charge in [-0.15, -0.1) is 0 Å². The number of hydrogen-bond donors (Lipinski definition) is 2. The lowest BCUT2D eigenvalue weighted by molar-refractivity contribution is 0.463. The molecule has 3 aromatic carbocycles. The van der Waals surface area contributed by atoms with Crippen LogP contribution in [0.5, 0.6) is 5.75 Å². The number of phenolic OH excluding ortho intramolecular Hbond substituents is 1. The number of rotatable bonds is 5. The number of nitrogens with zero attached hydrogens (tertiary/aromatic N) is 2. The fourth-order valence-corrected chi connectivity index (χ4v) is 6.46. The molecule has 0 amide bonds. The van der Waals surface area contributed by atoms with Gasteiger partial charge in [-0.05, 0) is 55.3 Å². The fraction of sp³-hybridized carbons (Fsp3) is 0.136. The Labute approximate surface area is 211 Å². The summed E-state index contributed by atoms with van der Waals surface area (Å²) in [6.07, 6.45) is 0. The van der Waals surface area contributed by atoms with Gasteiger partial charge < -0.3 is 9.52 Å². The number of aromatic hydroxyl groups is 1. The second-order valence-corrected chi connectivity index (χ2v) is 11.8. The molecule has 184 valence electrons. The Kier molecular flexibility index (Phi) is 6.27. The topological polar surface area (TPSA) is 144 Å². The fourth-order valence-electron chi connectivity index (χ4n) is 3.65. The number of primary sulfonamides is 1. The Bertz CT molecular complexity index is 1670. The number of anilines is 2. The van der Waals surface area contributed by atoms with Gasteiger partial charge in [0, 0.05) is 17.0 Å². The second kappa shape index (κ2) is 8.68. The van der Waals surface area contributed by atoms with Crippen molar-refractivity contribution in [3.05, 3.63) is 69.5 Å². The third-order valence-electron chi connectivity index (χ3n) is 5.42. The second-order valence-electron chi connectivity index (χ2n) is 7.71. The van der Waals surface area contributed by atoms with E-state index in [0.717, 1.165) is 10.4 Å². The molecule has 0 unspecified atom stereocenters. The highest BCUT2D eigenvalue weighted by atomic mass is 35.5. The van der Waals surface area contributed by atoms with E-state index in [-0.39, 0.29) is 28.4 Å². The zero-order valence-corrected chi connectivity index (χ0v) is 21.7. The summed E-state index contributed by atoms with van der Waals surface area (Å²) in [4.78, 5) is 2.57. The van der Waals surface area contributed by atoms with Crippen LogP contribution < -0.4 is 9.44 Å². The highest BCUT2D eigenvalue weighted by molar-refractivity contribution is 7.93. The first kappa shape index (κ1) is 25.3. The SMILES string of the molecule is Cc1nc2c(O)c(S(=O)(=O)N(c3cccc(Cl)c3C)c3cccc(Cl)c3C)cc(S(N)(=O)=O)c2o1. The first-order valence-corrected chi connectivity index (χ1v) is 13.7. The molecule has 0 saturated heterocycles. The van der Waals surface area contributed by atoms with E-state index in [1.165, 1.54) is 19.1 Å². The van der Waals surface area contributed by atoms with Crippen LogP contribution in [0.2, 0.25) is 10.0 Å². The van der Waals surface area contributed by atoms with Crippen LogP contribution in [-0.4, -0.2) is 26.9 Å². The number of oxazole rings is 1. The molecule has 3 N–H and O–H groups in total. The van der Waals surface area contributed by atoms with Crippen molar-refractivity contribution in [2.75, 3.05) is 4.31 Å².